The van der Waals surface area contributed by atoms with Crippen molar-refractivity contribution in [1.82, 2.24) is 0 Å². The van der Waals surface area contributed by atoms with E-state index >= 15 is 0 Å². The Balaban J connectivity index is 2.39. The van der Waals surface area contributed by atoms with E-state index < -0.39 is 0 Å². The predicted octanol–water partition coefficient (Wildman–Crippen LogP) is 4.18. The Morgan fingerprint density at radius 1 is 0.947 bits per heavy atom. The molecule has 1 aromatic rings. The van der Waals surface area contributed by atoms with E-state index in [0.29, 0.717) is 28.7 Å². The van der Waals surface area contributed by atoms with Gasteiger partial charge in [0.05, 0.1) is 5.88 Å². The summed E-state index contributed by atoms with van der Waals surface area (Å²) >= 11 is 5.88. The van der Waals surface area contributed by atoms with Gasteiger partial charge in [0.25, 0.3) is 0 Å². The van der Waals surface area contributed by atoms with Gasteiger partial charge in [-0.15, -0.1) is 11.6 Å². The largest absolute Gasteiger partial charge is 0.289 e. The summed E-state index contributed by atoms with van der Waals surface area (Å²) in [5.74, 6) is -0.000886. The normalized spacial score (nSPS) is 14.8. The fourth-order valence-corrected chi connectivity index (χ4v) is 2.72. The van der Waals surface area contributed by atoms with Gasteiger partial charge in [0.15, 0.2) is 11.6 Å². The van der Waals surface area contributed by atoms with Gasteiger partial charge in [-0.1, -0.05) is 44.0 Å². The average molecular weight is 277 g/mol. The zero-order valence-corrected chi connectivity index (χ0v) is 11.8. The third kappa shape index (κ3) is 2.64. The van der Waals surface area contributed by atoms with E-state index in [9.17, 15) is 9.59 Å². The van der Waals surface area contributed by atoms with Crippen LogP contribution in [0.3, 0.4) is 0 Å². The molecule has 0 heterocycles. The van der Waals surface area contributed by atoms with Crippen LogP contribution in [-0.2, 0) is 0 Å². The first-order valence-electron chi connectivity index (χ1n) is 6.67. The Labute approximate surface area is 118 Å². The van der Waals surface area contributed by atoms with E-state index in [2.05, 4.69) is 6.92 Å². The topological polar surface area (TPSA) is 34.1 Å². The molecule has 100 valence electrons. The highest BCUT2D eigenvalue weighted by atomic mass is 35.5. The fourth-order valence-electron chi connectivity index (χ4n) is 2.44. The van der Waals surface area contributed by atoms with Crippen molar-refractivity contribution in [3.8, 4) is 0 Å². The first kappa shape index (κ1) is 14.0. The van der Waals surface area contributed by atoms with E-state index in [-0.39, 0.29) is 17.4 Å². The third-order valence-electron chi connectivity index (χ3n) is 3.49. The van der Waals surface area contributed by atoms with E-state index in [1.807, 2.05) is 0 Å². The number of fused-ring (bicyclic) bond motifs is 1. The van der Waals surface area contributed by atoms with Gasteiger partial charge >= 0.3 is 0 Å². The zero-order chi connectivity index (χ0) is 13.8. The Bertz CT molecular complexity index is 543. The molecule has 19 heavy (non-hydrogen) atoms. The minimum absolute atomic E-state index is 0.0260. The molecule has 1 aromatic carbocycles. The minimum atomic E-state index is -0.0864. The molecule has 0 saturated heterocycles. The number of carbonyl (C=O) groups is 2. The lowest BCUT2D eigenvalue weighted by Gasteiger charge is -2.19. The highest BCUT2D eigenvalue weighted by Crippen LogP contribution is 2.29. The lowest BCUT2D eigenvalue weighted by atomic mass is 9.82. The van der Waals surface area contributed by atoms with E-state index in [1.165, 1.54) is 0 Å². The van der Waals surface area contributed by atoms with Crippen LogP contribution in [0.15, 0.2) is 35.4 Å². The zero-order valence-electron chi connectivity index (χ0n) is 11.0. The van der Waals surface area contributed by atoms with Gasteiger partial charge < -0.3 is 0 Å². The van der Waals surface area contributed by atoms with Gasteiger partial charge in [-0.2, -0.15) is 0 Å². The molecule has 0 spiro atoms. The first-order chi connectivity index (χ1) is 9.20. The molecule has 1 aliphatic rings. The average Bonchev–Trinajstić information content (AvgIpc) is 2.44. The van der Waals surface area contributed by atoms with Gasteiger partial charge in [-0.3, -0.25) is 9.59 Å². The number of carbonyl (C=O) groups excluding carboxylic acids is 2. The number of Topliss-reactive ketones (excluding diaryl/α,β-unsaturated/α-hetero) is 2. The Kier molecular flexibility index (Phi) is 4.54. The Hall–Kier alpha value is -1.41. The van der Waals surface area contributed by atoms with Gasteiger partial charge in [0, 0.05) is 22.3 Å². The molecule has 2 rings (SSSR count). The van der Waals surface area contributed by atoms with E-state index in [0.717, 1.165) is 19.3 Å². The lowest BCUT2D eigenvalue weighted by molar-refractivity contribution is 0.0972. The molecule has 0 N–H and O–H groups in total. The van der Waals surface area contributed by atoms with Crippen molar-refractivity contribution in [2.24, 2.45) is 0 Å². The second-order valence-electron chi connectivity index (χ2n) is 4.75. The number of benzene rings is 1. The van der Waals surface area contributed by atoms with Gasteiger partial charge in [-0.25, -0.2) is 0 Å². The summed E-state index contributed by atoms with van der Waals surface area (Å²) in [6.45, 7) is 2.11. The lowest BCUT2D eigenvalue weighted by Crippen LogP contribution is -2.23. The molecule has 2 nitrogen and oxygen atoms in total. The van der Waals surface area contributed by atoms with Crippen LogP contribution in [0.4, 0.5) is 0 Å². The van der Waals surface area contributed by atoms with E-state index in [1.54, 1.807) is 24.3 Å². The Morgan fingerprint density at radius 3 is 2.05 bits per heavy atom. The van der Waals surface area contributed by atoms with Gasteiger partial charge in [0.2, 0.25) is 0 Å². The second kappa shape index (κ2) is 6.16. The van der Waals surface area contributed by atoms with Crippen LogP contribution in [0.2, 0.25) is 0 Å². The maximum atomic E-state index is 12.5. The van der Waals surface area contributed by atoms with Gasteiger partial charge in [-0.05, 0) is 12.8 Å². The number of rotatable bonds is 5. The van der Waals surface area contributed by atoms with Crippen LogP contribution in [0.5, 0.6) is 0 Å². The molecular formula is C16H17ClO2. The van der Waals surface area contributed by atoms with Crippen molar-refractivity contribution >= 4 is 23.2 Å². The number of halogens is 1. The van der Waals surface area contributed by atoms with Crippen molar-refractivity contribution < 1.29 is 9.59 Å². The molecule has 0 amide bonds. The molecule has 0 fully saturated rings. The number of allylic oxidation sites excluding steroid dienone is 2. The van der Waals surface area contributed by atoms with Gasteiger partial charge in [0.1, 0.15) is 0 Å². The minimum Gasteiger partial charge on any atom is -0.289 e. The van der Waals surface area contributed by atoms with E-state index in [4.69, 9.17) is 11.6 Å². The van der Waals surface area contributed by atoms with Crippen LogP contribution in [0.1, 0.15) is 53.3 Å². The molecule has 3 heteroatoms. The molecule has 1 aliphatic carbocycles. The summed E-state index contributed by atoms with van der Waals surface area (Å²) < 4.78 is 0. The van der Waals surface area contributed by atoms with Crippen LogP contribution in [-0.4, -0.2) is 17.4 Å². The first-order valence-corrected chi connectivity index (χ1v) is 7.20. The molecule has 0 bridgehead atoms. The van der Waals surface area contributed by atoms with Crippen LogP contribution < -0.4 is 0 Å². The third-order valence-corrected chi connectivity index (χ3v) is 3.76. The SMILES string of the molecule is CCCCCC1=C(CCl)C(=O)c2ccccc2C1=O. The smallest absolute Gasteiger partial charge is 0.191 e. The number of hydrogen-bond acceptors (Lipinski definition) is 2. The summed E-state index contributed by atoms with van der Waals surface area (Å²) in [5.41, 5.74) is 2.11. The Morgan fingerprint density at radius 2 is 1.53 bits per heavy atom. The number of unbranched alkanes of at least 4 members (excludes halogenated alkanes) is 2. The van der Waals surface area contributed by atoms with Crippen molar-refractivity contribution in [3.05, 3.63) is 46.5 Å². The van der Waals surface area contributed by atoms with Crippen molar-refractivity contribution in [3.63, 3.8) is 0 Å². The molecular weight excluding hydrogens is 260 g/mol. The summed E-state index contributed by atoms with van der Waals surface area (Å²) in [4.78, 5) is 24.8. The molecule has 0 saturated carbocycles. The predicted molar refractivity (Wildman–Crippen MR) is 77.0 cm³/mol. The summed E-state index contributed by atoms with van der Waals surface area (Å²) in [7, 11) is 0. The summed E-state index contributed by atoms with van der Waals surface area (Å²) in [5, 5.41) is 0. The number of alkyl halides is 1. The quantitative estimate of drug-likeness (QED) is 0.597. The highest BCUT2D eigenvalue weighted by Gasteiger charge is 2.30. The van der Waals surface area contributed by atoms with Crippen molar-refractivity contribution in [1.29, 1.82) is 0 Å². The summed E-state index contributed by atoms with van der Waals surface area (Å²) in [6, 6.07) is 6.99. The monoisotopic (exact) mass is 276 g/mol. The standard InChI is InChI=1S/C16H17ClO2/c1-2-3-4-7-13-14(10-17)16(19)12-9-6-5-8-11(12)15(13)18/h5-6,8-9H,2-4,7,10H2,1H3. The molecule has 0 unspecified atom stereocenters. The summed E-state index contributed by atoms with van der Waals surface area (Å²) in [6.07, 6.45) is 3.71. The van der Waals surface area contributed by atoms with Crippen LogP contribution in [0.25, 0.3) is 0 Å². The molecule has 0 atom stereocenters. The van der Waals surface area contributed by atoms with Crippen molar-refractivity contribution in [2.75, 3.05) is 5.88 Å². The molecule has 0 aromatic heterocycles. The maximum absolute atomic E-state index is 12.5. The number of ketones is 2. The maximum Gasteiger partial charge on any atom is 0.191 e. The second-order valence-corrected chi connectivity index (χ2v) is 5.02. The van der Waals surface area contributed by atoms with Crippen molar-refractivity contribution in [2.45, 2.75) is 32.6 Å². The highest BCUT2D eigenvalue weighted by molar-refractivity contribution is 6.32. The molecule has 0 aliphatic heterocycles. The molecule has 0 radical (unpaired) electrons. The van der Waals surface area contributed by atoms with Crippen LogP contribution in [0, 0.1) is 0 Å². The van der Waals surface area contributed by atoms with Crippen LogP contribution >= 0.6 is 11.6 Å². The fraction of sp³-hybridized carbons (Fsp3) is 0.375. The number of hydrogen-bond donors (Lipinski definition) is 0.